The van der Waals surface area contributed by atoms with Crippen LogP contribution in [0.1, 0.15) is 4.88 Å². The Morgan fingerprint density at radius 2 is 2.47 bits per heavy atom. The Morgan fingerprint density at radius 3 is 3.00 bits per heavy atom. The Labute approximate surface area is 93.3 Å². The quantitative estimate of drug-likeness (QED) is 0.749. The van der Waals surface area contributed by atoms with Gasteiger partial charge in [-0.05, 0) is 17.9 Å². The van der Waals surface area contributed by atoms with E-state index in [0.717, 1.165) is 6.42 Å². The van der Waals surface area contributed by atoms with Crippen LogP contribution in [0.15, 0.2) is 17.5 Å². The molecule has 0 fully saturated rings. The summed E-state index contributed by atoms with van der Waals surface area (Å²) in [6, 6.07) is 3.23. The third kappa shape index (κ3) is 3.62. The predicted molar refractivity (Wildman–Crippen MR) is 60.7 cm³/mol. The minimum absolute atomic E-state index is 0.214. The number of nitrogens with zero attached hydrogens (tertiary/aromatic N) is 1. The third-order valence-electron chi connectivity index (χ3n) is 2.16. The number of aliphatic hydroxyl groups excluding tert-OH is 1. The van der Waals surface area contributed by atoms with Crippen LogP contribution < -0.4 is 5.73 Å². The molecule has 0 aliphatic carbocycles. The van der Waals surface area contributed by atoms with Crippen molar-refractivity contribution in [2.45, 2.75) is 12.5 Å². The number of aliphatic hydroxyl groups is 1. The molecule has 0 saturated carbocycles. The largest absolute Gasteiger partial charge is 0.394 e. The number of amides is 1. The molecule has 0 spiro atoms. The number of nitrogens with two attached hydrogens (primary N) is 1. The molecule has 15 heavy (non-hydrogen) atoms. The van der Waals surface area contributed by atoms with Crippen LogP contribution in [-0.4, -0.2) is 42.2 Å². The Kier molecular flexibility index (Phi) is 4.74. The van der Waals surface area contributed by atoms with Crippen molar-refractivity contribution in [1.82, 2.24) is 4.90 Å². The van der Waals surface area contributed by atoms with Crippen LogP contribution in [0.3, 0.4) is 0 Å². The van der Waals surface area contributed by atoms with Gasteiger partial charge in [0.15, 0.2) is 0 Å². The predicted octanol–water partition coefficient (Wildman–Crippen LogP) is 0.0686. The highest BCUT2D eigenvalue weighted by molar-refractivity contribution is 7.09. The van der Waals surface area contributed by atoms with Gasteiger partial charge in [0.05, 0.1) is 6.61 Å². The number of thiophene rings is 1. The Bertz CT molecular complexity index is 300. The maximum absolute atomic E-state index is 11.5. The normalized spacial score (nSPS) is 12.5. The standard InChI is InChI=1S/C10H16N2O2S/c1-12(10(14)9(11)7-13)5-4-8-3-2-6-15-8/h2-3,6,9,13H,4-5,7,11H2,1H3. The molecule has 5 heteroatoms. The number of hydrogen-bond donors (Lipinski definition) is 2. The van der Waals surface area contributed by atoms with Gasteiger partial charge in [0, 0.05) is 18.5 Å². The Balaban J connectivity index is 2.35. The van der Waals surface area contributed by atoms with Crippen LogP contribution in [0.25, 0.3) is 0 Å². The highest BCUT2D eigenvalue weighted by atomic mass is 32.1. The van der Waals surface area contributed by atoms with E-state index in [9.17, 15) is 4.79 Å². The summed E-state index contributed by atoms with van der Waals surface area (Å²) in [7, 11) is 1.70. The van der Waals surface area contributed by atoms with Crippen molar-refractivity contribution in [3.63, 3.8) is 0 Å². The third-order valence-corrected chi connectivity index (χ3v) is 3.10. The molecular formula is C10H16N2O2S. The first-order chi connectivity index (χ1) is 7.15. The molecule has 0 radical (unpaired) electrons. The molecule has 1 aromatic rings. The molecule has 0 bridgehead atoms. The van der Waals surface area contributed by atoms with E-state index in [1.54, 1.807) is 23.3 Å². The maximum Gasteiger partial charge on any atom is 0.241 e. The molecule has 0 aliphatic heterocycles. The van der Waals surface area contributed by atoms with Crippen LogP contribution >= 0.6 is 11.3 Å². The fourth-order valence-electron chi connectivity index (χ4n) is 1.20. The van der Waals surface area contributed by atoms with Crippen molar-refractivity contribution in [2.75, 3.05) is 20.2 Å². The monoisotopic (exact) mass is 228 g/mol. The van der Waals surface area contributed by atoms with Gasteiger partial charge in [0.1, 0.15) is 6.04 Å². The van der Waals surface area contributed by atoms with Crippen molar-refractivity contribution >= 4 is 17.2 Å². The minimum atomic E-state index is -0.793. The van der Waals surface area contributed by atoms with Gasteiger partial charge in [-0.1, -0.05) is 6.07 Å². The van der Waals surface area contributed by atoms with Crippen LogP contribution in [0.2, 0.25) is 0 Å². The van der Waals surface area contributed by atoms with E-state index in [1.165, 1.54) is 4.88 Å². The highest BCUT2D eigenvalue weighted by Gasteiger charge is 2.16. The maximum atomic E-state index is 11.5. The molecule has 1 heterocycles. The summed E-state index contributed by atoms with van der Waals surface area (Å²) in [6.07, 6.45) is 0.831. The van der Waals surface area contributed by atoms with Gasteiger partial charge in [-0.25, -0.2) is 0 Å². The molecule has 0 saturated heterocycles. The second kappa shape index (κ2) is 5.85. The van der Waals surface area contributed by atoms with Crippen molar-refractivity contribution < 1.29 is 9.90 Å². The van der Waals surface area contributed by atoms with E-state index in [4.69, 9.17) is 10.8 Å². The summed E-state index contributed by atoms with van der Waals surface area (Å²) in [5, 5.41) is 10.7. The van der Waals surface area contributed by atoms with Crippen LogP contribution in [0, 0.1) is 0 Å². The molecule has 1 amide bonds. The number of carbonyl (C=O) groups is 1. The molecule has 3 N–H and O–H groups in total. The number of carbonyl (C=O) groups excluding carboxylic acids is 1. The summed E-state index contributed by atoms with van der Waals surface area (Å²) in [5.74, 6) is -0.214. The number of likely N-dealkylation sites (N-methyl/N-ethyl adjacent to an activating group) is 1. The molecule has 1 rings (SSSR count). The van der Waals surface area contributed by atoms with Gasteiger partial charge < -0.3 is 15.7 Å². The topological polar surface area (TPSA) is 66.6 Å². The molecule has 1 aromatic heterocycles. The molecule has 0 aliphatic rings. The van der Waals surface area contributed by atoms with E-state index in [0.29, 0.717) is 6.54 Å². The van der Waals surface area contributed by atoms with Crippen LogP contribution in [0.5, 0.6) is 0 Å². The van der Waals surface area contributed by atoms with Gasteiger partial charge >= 0.3 is 0 Å². The van der Waals surface area contributed by atoms with Crippen molar-refractivity contribution in [2.24, 2.45) is 5.73 Å². The minimum Gasteiger partial charge on any atom is -0.394 e. The second-order valence-electron chi connectivity index (χ2n) is 3.38. The zero-order chi connectivity index (χ0) is 11.3. The summed E-state index contributed by atoms with van der Waals surface area (Å²) >= 11 is 1.67. The number of rotatable bonds is 5. The van der Waals surface area contributed by atoms with E-state index in [-0.39, 0.29) is 12.5 Å². The van der Waals surface area contributed by atoms with Crippen molar-refractivity contribution in [1.29, 1.82) is 0 Å². The Hall–Kier alpha value is -0.910. The second-order valence-corrected chi connectivity index (χ2v) is 4.41. The van der Waals surface area contributed by atoms with E-state index in [1.807, 2.05) is 17.5 Å². The van der Waals surface area contributed by atoms with Crippen molar-refractivity contribution in [3.8, 4) is 0 Å². The first-order valence-electron chi connectivity index (χ1n) is 4.79. The summed E-state index contributed by atoms with van der Waals surface area (Å²) in [6.45, 7) is 0.329. The lowest BCUT2D eigenvalue weighted by Crippen LogP contribution is -2.44. The van der Waals surface area contributed by atoms with Gasteiger partial charge in [0.2, 0.25) is 5.91 Å². The van der Waals surface area contributed by atoms with Crippen LogP contribution in [0.4, 0.5) is 0 Å². The smallest absolute Gasteiger partial charge is 0.241 e. The van der Waals surface area contributed by atoms with E-state index < -0.39 is 6.04 Å². The Morgan fingerprint density at radius 1 is 1.73 bits per heavy atom. The van der Waals surface area contributed by atoms with Gasteiger partial charge in [0.25, 0.3) is 0 Å². The van der Waals surface area contributed by atoms with Gasteiger partial charge in [-0.2, -0.15) is 0 Å². The fraction of sp³-hybridized carbons (Fsp3) is 0.500. The highest BCUT2D eigenvalue weighted by Crippen LogP contribution is 2.09. The average Bonchev–Trinajstić information content (AvgIpc) is 2.76. The van der Waals surface area contributed by atoms with Gasteiger partial charge in [-0.15, -0.1) is 11.3 Å². The van der Waals surface area contributed by atoms with Gasteiger partial charge in [-0.3, -0.25) is 4.79 Å². The molecule has 84 valence electrons. The van der Waals surface area contributed by atoms with E-state index >= 15 is 0 Å². The number of hydrogen-bond acceptors (Lipinski definition) is 4. The summed E-state index contributed by atoms with van der Waals surface area (Å²) in [4.78, 5) is 14.3. The lowest BCUT2D eigenvalue weighted by Gasteiger charge is -2.19. The molecule has 1 unspecified atom stereocenters. The first kappa shape index (κ1) is 12.2. The SMILES string of the molecule is CN(CCc1cccs1)C(=O)C(N)CO. The summed E-state index contributed by atoms with van der Waals surface area (Å²) in [5.41, 5.74) is 5.43. The molecule has 1 atom stereocenters. The van der Waals surface area contributed by atoms with Crippen molar-refractivity contribution in [3.05, 3.63) is 22.4 Å². The molecular weight excluding hydrogens is 212 g/mol. The zero-order valence-corrected chi connectivity index (χ0v) is 9.54. The summed E-state index contributed by atoms with van der Waals surface area (Å²) < 4.78 is 0. The lowest BCUT2D eigenvalue weighted by molar-refractivity contribution is -0.132. The first-order valence-corrected chi connectivity index (χ1v) is 5.67. The molecule has 4 nitrogen and oxygen atoms in total. The van der Waals surface area contributed by atoms with E-state index in [2.05, 4.69) is 0 Å². The van der Waals surface area contributed by atoms with Crippen LogP contribution in [-0.2, 0) is 11.2 Å². The molecule has 0 aromatic carbocycles. The average molecular weight is 228 g/mol. The fourth-order valence-corrected chi connectivity index (χ4v) is 1.90. The zero-order valence-electron chi connectivity index (χ0n) is 8.72. The lowest BCUT2D eigenvalue weighted by atomic mass is 10.2.